The van der Waals surface area contributed by atoms with Crippen LogP contribution in [-0.4, -0.2) is 30.2 Å². The number of sulfonamides is 1. The molecule has 130 valence electrons. The summed E-state index contributed by atoms with van der Waals surface area (Å²) in [5, 5.41) is 7.38. The molecule has 0 fully saturated rings. The Morgan fingerprint density at radius 3 is 2.60 bits per heavy atom. The lowest BCUT2D eigenvalue weighted by molar-refractivity contribution is 0.588. The van der Waals surface area contributed by atoms with Crippen molar-refractivity contribution >= 4 is 15.8 Å². The minimum atomic E-state index is -3.46. The summed E-state index contributed by atoms with van der Waals surface area (Å²) in [5.74, 6) is 0.613. The first kappa shape index (κ1) is 17.1. The topological polar surface area (TPSA) is 88.9 Å². The number of hydrogen-bond donors (Lipinski definition) is 2. The van der Waals surface area contributed by atoms with E-state index in [4.69, 9.17) is 0 Å². The van der Waals surface area contributed by atoms with Gasteiger partial charge in [0.05, 0.1) is 6.20 Å². The summed E-state index contributed by atoms with van der Waals surface area (Å²) in [6, 6.07) is 11.3. The molecule has 0 unspecified atom stereocenters. The Morgan fingerprint density at radius 2 is 1.96 bits per heavy atom. The molecule has 0 radical (unpaired) electrons. The van der Waals surface area contributed by atoms with Crippen LogP contribution in [0.4, 0.5) is 5.82 Å². The maximum atomic E-state index is 11.7. The molecule has 2 N–H and O–H groups in total. The number of aryl methyl sites for hydroxylation is 1. The van der Waals surface area contributed by atoms with Gasteiger partial charge in [-0.1, -0.05) is 18.2 Å². The molecule has 0 saturated carbocycles. The third-order valence-electron chi connectivity index (χ3n) is 3.75. The van der Waals surface area contributed by atoms with Crippen LogP contribution in [0.1, 0.15) is 5.56 Å². The molecule has 3 aromatic rings. The van der Waals surface area contributed by atoms with Gasteiger partial charge in [-0.2, -0.15) is 5.10 Å². The van der Waals surface area contributed by atoms with Crippen LogP contribution < -0.4 is 10.0 Å². The molecule has 3 rings (SSSR count). The van der Waals surface area contributed by atoms with Gasteiger partial charge >= 0.3 is 0 Å². The van der Waals surface area contributed by atoms with E-state index in [-0.39, 0.29) is 4.90 Å². The average molecular weight is 357 g/mol. The van der Waals surface area contributed by atoms with Crippen molar-refractivity contribution in [3.63, 3.8) is 0 Å². The van der Waals surface area contributed by atoms with E-state index in [9.17, 15) is 8.42 Å². The van der Waals surface area contributed by atoms with Gasteiger partial charge in [-0.3, -0.25) is 4.68 Å². The molecule has 7 nitrogen and oxygen atoms in total. The van der Waals surface area contributed by atoms with Gasteiger partial charge in [0.15, 0.2) is 0 Å². The molecule has 2 heterocycles. The normalized spacial score (nSPS) is 11.4. The zero-order valence-corrected chi connectivity index (χ0v) is 14.8. The van der Waals surface area contributed by atoms with Crippen molar-refractivity contribution in [2.45, 2.75) is 11.4 Å². The molecule has 0 aliphatic carbocycles. The second kappa shape index (κ2) is 7.04. The van der Waals surface area contributed by atoms with E-state index < -0.39 is 10.0 Å². The zero-order chi connectivity index (χ0) is 17.9. The highest BCUT2D eigenvalue weighted by Gasteiger charge is 2.11. The molecule has 25 heavy (non-hydrogen) atoms. The fourth-order valence-electron chi connectivity index (χ4n) is 2.39. The van der Waals surface area contributed by atoms with E-state index in [0.717, 1.165) is 16.7 Å². The maximum Gasteiger partial charge on any atom is 0.241 e. The number of pyridine rings is 1. The lowest BCUT2D eigenvalue weighted by Crippen LogP contribution is -2.18. The minimum absolute atomic E-state index is 0.138. The number of aromatic nitrogens is 3. The fraction of sp³-hybridized carbons (Fsp3) is 0.176. The molecule has 0 aliphatic rings. The van der Waals surface area contributed by atoms with Gasteiger partial charge in [0.2, 0.25) is 10.0 Å². The third kappa shape index (κ3) is 4.04. The number of anilines is 1. The molecule has 0 atom stereocenters. The Balaban J connectivity index is 1.70. The molecular formula is C17H19N5O2S. The summed E-state index contributed by atoms with van der Waals surface area (Å²) in [5.41, 5.74) is 3.25. The minimum Gasteiger partial charge on any atom is -0.366 e. The van der Waals surface area contributed by atoms with E-state index in [1.54, 1.807) is 10.7 Å². The summed E-state index contributed by atoms with van der Waals surface area (Å²) in [4.78, 5) is 4.29. The van der Waals surface area contributed by atoms with Crippen LogP contribution in [0.15, 0.2) is 59.9 Å². The molecule has 8 heteroatoms. The highest BCUT2D eigenvalue weighted by molar-refractivity contribution is 7.89. The van der Waals surface area contributed by atoms with Crippen molar-refractivity contribution in [1.29, 1.82) is 0 Å². The van der Waals surface area contributed by atoms with Crippen molar-refractivity contribution in [3.05, 3.63) is 60.6 Å². The van der Waals surface area contributed by atoms with Crippen molar-refractivity contribution in [3.8, 4) is 11.1 Å². The Morgan fingerprint density at radius 1 is 1.12 bits per heavy atom. The summed E-state index contributed by atoms with van der Waals surface area (Å²) >= 11 is 0. The predicted octanol–water partition coefficient (Wildman–Crippen LogP) is 2.00. The van der Waals surface area contributed by atoms with Crippen molar-refractivity contribution < 1.29 is 8.42 Å². The smallest absolute Gasteiger partial charge is 0.241 e. The number of nitrogens with zero attached hydrogens (tertiary/aromatic N) is 3. The van der Waals surface area contributed by atoms with Gasteiger partial charge in [0.25, 0.3) is 0 Å². The third-order valence-corrected chi connectivity index (χ3v) is 5.15. The highest BCUT2D eigenvalue weighted by atomic mass is 32.2. The summed E-state index contributed by atoms with van der Waals surface area (Å²) in [6.45, 7) is 0.583. The first-order valence-corrected chi connectivity index (χ1v) is 9.18. The molecule has 0 saturated heterocycles. The zero-order valence-electron chi connectivity index (χ0n) is 14.0. The fourth-order valence-corrected chi connectivity index (χ4v) is 3.06. The van der Waals surface area contributed by atoms with Crippen LogP contribution in [0.25, 0.3) is 11.1 Å². The average Bonchev–Trinajstić information content (AvgIpc) is 3.07. The molecule has 0 amide bonds. The molecule has 0 bridgehead atoms. The second-order valence-corrected chi connectivity index (χ2v) is 7.43. The Hall–Kier alpha value is -2.71. The van der Waals surface area contributed by atoms with E-state index in [0.29, 0.717) is 12.4 Å². The number of nitrogens with one attached hydrogen (secondary N) is 2. The van der Waals surface area contributed by atoms with Crippen LogP contribution in [0.2, 0.25) is 0 Å². The lowest BCUT2D eigenvalue weighted by Gasteiger charge is -2.08. The predicted molar refractivity (Wildman–Crippen MR) is 96.5 cm³/mol. The van der Waals surface area contributed by atoms with Crippen molar-refractivity contribution in [1.82, 2.24) is 19.5 Å². The molecule has 2 aromatic heterocycles. The SMILES string of the molecule is CNS(=O)(=O)c1ccc(NCc2cccc(-c3cnn(C)c3)c2)nc1. The van der Waals surface area contributed by atoms with Crippen LogP contribution in [0.5, 0.6) is 0 Å². The second-order valence-electron chi connectivity index (χ2n) is 5.54. The largest absolute Gasteiger partial charge is 0.366 e. The highest BCUT2D eigenvalue weighted by Crippen LogP contribution is 2.20. The first-order chi connectivity index (χ1) is 12.0. The Labute approximate surface area is 146 Å². The summed E-state index contributed by atoms with van der Waals surface area (Å²) in [6.07, 6.45) is 5.13. The van der Waals surface area contributed by atoms with Crippen LogP contribution in [0.3, 0.4) is 0 Å². The van der Waals surface area contributed by atoms with Gasteiger partial charge in [-0.15, -0.1) is 0 Å². The Kier molecular flexibility index (Phi) is 4.82. The molecule has 1 aromatic carbocycles. The van der Waals surface area contributed by atoms with Gasteiger partial charge < -0.3 is 5.32 Å². The number of hydrogen-bond acceptors (Lipinski definition) is 5. The monoisotopic (exact) mass is 357 g/mol. The quantitative estimate of drug-likeness (QED) is 0.704. The van der Waals surface area contributed by atoms with Crippen molar-refractivity contribution in [2.24, 2.45) is 7.05 Å². The van der Waals surface area contributed by atoms with Gasteiger partial charge in [-0.05, 0) is 36.4 Å². The number of rotatable bonds is 6. The van der Waals surface area contributed by atoms with Crippen LogP contribution >= 0.6 is 0 Å². The van der Waals surface area contributed by atoms with E-state index >= 15 is 0 Å². The van der Waals surface area contributed by atoms with Gasteiger partial charge in [0.1, 0.15) is 10.7 Å². The molecule has 0 spiro atoms. The lowest BCUT2D eigenvalue weighted by atomic mass is 10.1. The van der Waals surface area contributed by atoms with E-state index in [1.165, 1.54) is 19.3 Å². The van der Waals surface area contributed by atoms with Crippen molar-refractivity contribution in [2.75, 3.05) is 12.4 Å². The summed E-state index contributed by atoms with van der Waals surface area (Å²) < 4.78 is 27.4. The van der Waals surface area contributed by atoms with E-state index in [1.807, 2.05) is 37.6 Å². The van der Waals surface area contributed by atoms with Gasteiger partial charge in [0, 0.05) is 31.5 Å². The molecule has 0 aliphatic heterocycles. The summed E-state index contributed by atoms with van der Waals surface area (Å²) in [7, 11) is -0.205. The standard InChI is InChI=1S/C17H19N5O2S/c1-18-25(23,24)16-6-7-17(20-11-16)19-9-13-4-3-5-14(8-13)15-10-21-22(2)12-15/h3-8,10-12,18H,9H2,1-2H3,(H,19,20). The van der Waals surface area contributed by atoms with Crippen LogP contribution in [-0.2, 0) is 23.6 Å². The van der Waals surface area contributed by atoms with Crippen LogP contribution in [0, 0.1) is 0 Å². The number of benzene rings is 1. The van der Waals surface area contributed by atoms with Gasteiger partial charge in [-0.25, -0.2) is 18.1 Å². The maximum absolute atomic E-state index is 11.7. The molecular weight excluding hydrogens is 338 g/mol. The first-order valence-electron chi connectivity index (χ1n) is 7.69. The Bertz CT molecular complexity index is 965. The van der Waals surface area contributed by atoms with E-state index in [2.05, 4.69) is 26.2 Å².